The molecule has 3 aromatic carbocycles. The number of hydrogen-bond acceptors (Lipinski definition) is 3. The van der Waals surface area contributed by atoms with Gasteiger partial charge in [0.25, 0.3) is 5.91 Å². The Morgan fingerprint density at radius 3 is 2.12 bits per heavy atom. The number of amides is 2. The normalized spacial score (nSPS) is 12.0. The van der Waals surface area contributed by atoms with Crippen molar-refractivity contribution in [2.75, 3.05) is 6.61 Å². The number of benzene rings is 3. The second kappa shape index (κ2) is 11.5. The van der Waals surface area contributed by atoms with Gasteiger partial charge in [0, 0.05) is 18.5 Å². The number of carbonyl (C=O) groups is 2. The van der Waals surface area contributed by atoms with Crippen LogP contribution in [0.5, 0.6) is 5.75 Å². The first kappa shape index (κ1) is 25.0. The van der Waals surface area contributed by atoms with E-state index in [9.17, 15) is 9.59 Å². The summed E-state index contributed by atoms with van der Waals surface area (Å²) in [6.45, 7) is 8.00. The molecule has 3 rings (SSSR count). The number of para-hydroxylation sites is 1. The third kappa shape index (κ3) is 7.77. The predicted molar refractivity (Wildman–Crippen MR) is 135 cm³/mol. The van der Waals surface area contributed by atoms with Gasteiger partial charge in [0.05, 0.1) is 0 Å². The van der Waals surface area contributed by atoms with Gasteiger partial charge in [0.2, 0.25) is 5.91 Å². The van der Waals surface area contributed by atoms with Crippen LogP contribution in [0.4, 0.5) is 0 Å². The number of aryl methyl sites for hydroxylation is 1. The number of hydrogen-bond donors (Lipinski definition) is 1. The lowest BCUT2D eigenvalue weighted by atomic mass is 10.0. The Balaban J connectivity index is 1.92. The van der Waals surface area contributed by atoms with Crippen molar-refractivity contribution in [3.8, 4) is 5.75 Å². The summed E-state index contributed by atoms with van der Waals surface area (Å²) in [5, 5.41) is 3.07. The lowest BCUT2D eigenvalue weighted by Gasteiger charge is -2.33. The van der Waals surface area contributed by atoms with E-state index in [0.717, 1.165) is 16.7 Å². The molecule has 0 aliphatic carbocycles. The molecule has 1 atom stereocenters. The van der Waals surface area contributed by atoms with Crippen molar-refractivity contribution in [2.24, 2.45) is 0 Å². The van der Waals surface area contributed by atoms with Crippen LogP contribution in [0.2, 0.25) is 0 Å². The van der Waals surface area contributed by atoms with Gasteiger partial charge < -0.3 is 15.0 Å². The third-order valence-electron chi connectivity index (χ3n) is 5.31. The maximum absolute atomic E-state index is 13.5. The van der Waals surface area contributed by atoms with Crippen LogP contribution in [0.15, 0.2) is 84.9 Å². The molecule has 0 saturated carbocycles. The van der Waals surface area contributed by atoms with E-state index in [1.54, 1.807) is 4.90 Å². The van der Waals surface area contributed by atoms with Crippen molar-refractivity contribution in [2.45, 2.75) is 52.2 Å². The summed E-state index contributed by atoms with van der Waals surface area (Å²) in [5.41, 5.74) is 2.63. The summed E-state index contributed by atoms with van der Waals surface area (Å²) in [5.74, 6) is 0.192. The molecule has 2 amide bonds. The monoisotopic (exact) mass is 458 g/mol. The molecule has 178 valence electrons. The number of nitrogens with zero attached hydrogens (tertiary/aromatic N) is 1. The van der Waals surface area contributed by atoms with Gasteiger partial charge in [-0.2, -0.15) is 0 Å². The van der Waals surface area contributed by atoms with Crippen molar-refractivity contribution in [3.63, 3.8) is 0 Å². The topological polar surface area (TPSA) is 58.6 Å². The minimum atomic E-state index is -0.686. The summed E-state index contributed by atoms with van der Waals surface area (Å²) >= 11 is 0. The molecule has 0 spiro atoms. The fourth-order valence-electron chi connectivity index (χ4n) is 3.76. The third-order valence-corrected chi connectivity index (χ3v) is 5.31. The van der Waals surface area contributed by atoms with E-state index in [1.807, 2.05) is 113 Å². The number of rotatable bonds is 9. The zero-order chi connectivity index (χ0) is 24.6. The summed E-state index contributed by atoms with van der Waals surface area (Å²) in [6, 6.07) is 26.3. The lowest BCUT2D eigenvalue weighted by Crippen LogP contribution is -2.55. The SMILES string of the molecule is Cc1cccc(CN(C(=O)COc2ccccc2)C(Cc2ccccc2)C(=O)NC(C)(C)C)c1. The molecular formula is C29H34N2O3. The average molecular weight is 459 g/mol. The smallest absolute Gasteiger partial charge is 0.261 e. The maximum atomic E-state index is 13.5. The van der Waals surface area contributed by atoms with Crippen LogP contribution in [0, 0.1) is 6.92 Å². The molecule has 0 saturated heterocycles. The first-order valence-corrected chi connectivity index (χ1v) is 11.6. The number of nitrogens with one attached hydrogen (secondary N) is 1. The highest BCUT2D eigenvalue weighted by Gasteiger charge is 2.32. The molecule has 1 N–H and O–H groups in total. The van der Waals surface area contributed by atoms with Crippen LogP contribution in [0.25, 0.3) is 0 Å². The summed E-state index contributed by atoms with van der Waals surface area (Å²) < 4.78 is 5.77. The molecule has 0 radical (unpaired) electrons. The van der Waals surface area contributed by atoms with Gasteiger partial charge >= 0.3 is 0 Å². The summed E-state index contributed by atoms with van der Waals surface area (Å²) in [7, 11) is 0. The van der Waals surface area contributed by atoms with Crippen molar-refractivity contribution < 1.29 is 14.3 Å². The van der Waals surface area contributed by atoms with Crippen molar-refractivity contribution in [3.05, 3.63) is 102 Å². The molecule has 5 nitrogen and oxygen atoms in total. The first-order valence-electron chi connectivity index (χ1n) is 11.6. The molecule has 0 bridgehead atoms. The fraction of sp³-hybridized carbons (Fsp3) is 0.310. The molecular weight excluding hydrogens is 424 g/mol. The minimum absolute atomic E-state index is 0.149. The predicted octanol–water partition coefficient (Wildman–Crippen LogP) is 4.93. The average Bonchev–Trinajstić information content (AvgIpc) is 2.80. The summed E-state index contributed by atoms with van der Waals surface area (Å²) in [4.78, 5) is 28.7. The Morgan fingerprint density at radius 2 is 1.50 bits per heavy atom. The largest absolute Gasteiger partial charge is 0.484 e. The molecule has 0 heterocycles. The molecule has 3 aromatic rings. The zero-order valence-electron chi connectivity index (χ0n) is 20.5. The van der Waals surface area contributed by atoms with E-state index in [1.165, 1.54) is 0 Å². The zero-order valence-corrected chi connectivity index (χ0v) is 20.5. The Kier molecular flexibility index (Phi) is 8.47. The maximum Gasteiger partial charge on any atom is 0.261 e. The van der Waals surface area contributed by atoms with Crippen LogP contribution in [-0.4, -0.2) is 34.9 Å². The molecule has 5 heteroatoms. The van der Waals surface area contributed by atoms with E-state index >= 15 is 0 Å². The quantitative estimate of drug-likeness (QED) is 0.495. The van der Waals surface area contributed by atoms with E-state index < -0.39 is 11.6 Å². The number of carbonyl (C=O) groups excluding carboxylic acids is 2. The first-order chi connectivity index (χ1) is 16.2. The van der Waals surface area contributed by atoms with Crippen LogP contribution < -0.4 is 10.1 Å². The number of ether oxygens (including phenoxy) is 1. The minimum Gasteiger partial charge on any atom is -0.484 e. The van der Waals surface area contributed by atoms with Gasteiger partial charge in [-0.15, -0.1) is 0 Å². The molecule has 0 aromatic heterocycles. The molecule has 0 aliphatic rings. The van der Waals surface area contributed by atoms with Crippen LogP contribution in [-0.2, 0) is 22.6 Å². The fourth-order valence-corrected chi connectivity index (χ4v) is 3.76. The molecule has 1 unspecified atom stereocenters. The summed E-state index contributed by atoms with van der Waals surface area (Å²) in [6.07, 6.45) is 0.408. The van der Waals surface area contributed by atoms with Crippen molar-refractivity contribution in [1.82, 2.24) is 10.2 Å². The van der Waals surface area contributed by atoms with E-state index in [0.29, 0.717) is 18.7 Å². The van der Waals surface area contributed by atoms with Gasteiger partial charge in [0.1, 0.15) is 11.8 Å². The Labute approximate surface area is 202 Å². The standard InChI is InChI=1S/C29H34N2O3/c1-22-12-11-15-24(18-22)20-31(27(32)21-34-25-16-9-6-10-17-25)26(28(33)30-29(2,3)4)19-23-13-7-5-8-14-23/h5-18,26H,19-21H2,1-4H3,(H,30,33). The molecule has 0 fully saturated rings. The van der Waals surface area contributed by atoms with E-state index in [2.05, 4.69) is 5.32 Å². The van der Waals surface area contributed by atoms with Gasteiger partial charge in [-0.25, -0.2) is 0 Å². The molecule has 0 aliphatic heterocycles. The van der Waals surface area contributed by atoms with Gasteiger partial charge in [0.15, 0.2) is 6.61 Å². The van der Waals surface area contributed by atoms with Crippen LogP contribution in [0.3, 0.4) is 0 Å². The van der Waals surface area contributed by atoms with Crippen molar-refractivity contribution >= 4 is 11.8 Å². The van der Waals surface area contributed by atoms with Gasteiger partial charge in [-0.1, -0.05) is 78.4 Å². The highest BCUT2D eigenvalue weighted by Crippen LogP contribution is 2.17. The Morgan fingerprint density at radius 1 is 0.882 bits per heavy atom. The second-order valence-corrected chi connectivity index (χ2v) is 9.56. The second-order valence-electron chi connectivity index (χ2n) is 9.56. The van der Waals surface area contributed by atoms with Crippen LogP contribution in [0.1, 0.15) is 37.5 Å². The highest BCUT2D eigenvalue weighted by molar-refractivity contribution is 5.89. The van der Waals surface area contributed by atoms with Gasteiger partial charge in [-0.3, -0.25) is 9.59 Å². The van der Waals surface area contributed by atoms with E-state index in [-0.39, 0.29) is 18.4 Å². The Hall–Kier alpha value is -3.60. The lowest BCUT2D eigenvalue weighted by molar-refractivity contribution is -0.143. The molecule has 34 heavy (non-hydrogen) atoms. The Bertz CT molecular complexity index is 1080. The van der Waals surface area contributed by atoms with Crippen molar-refractivity contribution in [1.29, 1.82) is 0 Å². The van der Waals surface area contributed by atoms with E-state index in [4.69, 9.17) is 4.74 Å². The van der Waals surface area contributed by atoms with Crippen LogP contribution >= 0.6 is 0 Å². The van der Waals surface area contributed by atoms with Gasteiger partial charge in [-0.05, 0) is 51.0 Å². The highest BCUT2D eigenvalue weighted by atomic mass is 16.5.